The highest BCUT2D eigenvalue weighted by Gasteiger charge is 2.37. The van der Waals surface area contributed by atoms with Crippen molar-refractivity contribution in [2.24, 2.45) is 0 Å². The number of thioether (sulfide) groups is 1. The molecule has 1 N–H and O–H groups in total. The number of benzene rings is 1. The Balaban J connectivity index is 1.78. The fourth-order valence-electron chi connectivity index (χ4n) is 2.84. The largest absolute Gasteiger partial charge is 0.478 e. The molecule has 1 aliphatic rings. The van der Waals surface area contributed by atoms with Crippen LogP contribution in [-0.4, -0.2) is 45.7 Å². The summed E-state index contributed by atoms with van der Waals surface area (Å²) in [5, 5.41) is 8.52. The second-order valence-electron chi connectivity index (χ2n) is 6.84. The number of rotatable bonds is 6. The lowest BCUT2D eigenvalue weighted by Crippen LogP contribution is -2.35. The van der Waals surface area contributed by atoms with Crippen molar-refractivity contribution in [3.05, 3.63) is 52.1 Å². The van der Waals surface area contributed by atoms with Crippen LogP contribution < -0.4 is 0 Å². The fourth-order valence-corrected chi connectivity index (χ4v) is 3.66. The number of esters is 1. The van der Waals surface area contributed by atoms with Gasteiger partial charge in [-0.1, -0.05) is 6.07 Å². The molecule has 0 bridgehead atoms. The molecule has 0 atom stereocenters. The van der Waals surface area contributed by atoms with Crippen molar-refractivity contribution in [3.8, 4) is 11.3 Å². The normalized spacial score (nSPS) is 15.3. The van der Waals surface area contributed by atoms with E-state index in [-0.39, 0.29) is 16.6 Å². The van der Waals surface area contributed by atoms with Crippen LogP contribution in [0.5, 0.6) is 0 Å². The summed E-state index contributed by atoms with van der Waals surface area (Å²) in [7, 11) is 0. The number of aromatic carboxylic acids is 1. The first kappa shape index (κ1) is 21.4. The Labute approximate surface area is 176 Å². The zero-order chi connectivity index (χ0) is 22.0. The van der Waals surface area contributed by atoms with E-state index in [1.807, 2.05) is 0 Å². The Morgan fingerprint density at radius 3 is 2.60 bits per heavy atom. The molecule has 1 aromatic carbocycles. The van der Waals surface area contributed by atoms with E-state index in [9.17, 15) is 19.2 Å². The number of amides is 2. The Hall–Kier alpha value is -3.33. The van der Waals surface area contributed by atoms with Gasteiger partial charge in [-0.2, -0.15) is 0 Å². The molecule has 8 nitrogen and oxygen atoms in total. The van der Waals surface area contributed by atoms with Crippen LogP contribution in [0.1, 0.15) is 35.5 Å². The minimum Gasteiger partial charge on any atom is -0.478 e. The van der Waals surface area contributed by atoms with Crippen molar-refractivity contribution >= 4 is 40.9 Å². The smallest absolute Gasteiger partial charge is 0.335 e. The molecule has 1 aliphatic heterocycles. The molecular formula is C21H19NO7S. The number of carboxylic acid groups (broad SMARTS) is 1. The van der Waals surface area contributed by atoms with Crippen molar-refractivity contribution in [1.29, 1.82) is 0 Å². The monoisotopic (exact) mass is 429 g/mol. The predicted octanol–water partition coefficient (Wildman–Crippen LogP) is 3.94. The zero-order valence-electron chi connectivity index (χ0n) is 16.5. The Morgan fingerprint density at radius 1 is 1.23 bits per heavy atom. The van der Waals surface area contributed by atoms with E-state index in [4.69, 9.17) is 14.3 Å². The zero-order valence-corrected chi connectivity index (χ0v) is 17.3. The number of hydrogen-bond donors (Lipinski definition) is 1. The van der Waals surface area contributed by atoms with Crippen LogP contribution in [0.4, 0.5) is 4.79 Å². The first-order chi connectivity index (χ1) is 14.2. The number of imide groups is 1. The molecular weight excluding hydrogens is 410 g/mol. The van der Waals surface area contributed by atoms with Crippen LogP contribution in [0.2, 0.25) is 0 Å². The van der Waals surface area contributed by atoms with Crippen molar-refractivity contribution in [2.75, 3.05) is 6.54 Å². The van der Waals surface area contributed by atoms with E-state index >= 15 is 0 Å². The van der Waals surface area contributed by atoms with Crippen molar-refractivity contribution in [2.45, 2.75) is 26.9 Å². The molecule has 0 aliphatic carbocycles. The molecule has 30 heavy (non-hydrogen) atoms. The van der Waals surface area contributed by atoms with Gasteiger partial charge in [-0.15, -0.1) is 0 Å². The summed E-state index contributed by atoms with van der Waals surface area (Å²) in [5.74, 6) is -1.42. The number of aryl methyl sites for hydroxylation is 1. The first-order valence-corrected chi connectivity index (χ1v) is 9.86. The Kier molecular flexibility index (Phi) is 6.12. The van der Waals surface area contributed by atoms with Crippen LogP contribution in [0.15, 0.2) is 39.7 Å². The van der Waals surface area contributed by atoms with E-state index in [1.165, 1.54) is 12.1 Å². The van der Waals surface area contributed by atoms with Gasteiger partial charge in [0.15, 0.2) is 0 Å². The highest BCUT2D eigenvalue weighted by molar-refractivity contribution is 8.18. The molecule has 0 spiro atoms. The summed E-state index contributed by atoms with van der Waals surface area (Å²) in [4.78, 5) is 48.4. The number of carbonyl (C=O) groups is 4. The molecule has 156 valence electrons. The van der Waals surface area contributed by atoms with E-state index in [1.54, 1.807) is 45.0 Å². The molecule has 1 fully saturated rings. The maximum Gasteiger partial charge on any atom is 0.335 e. The average molecular weight is 429 g/mol. The van der Waals surface area contributed by atoms with Gasteiger partial charge < -0.3 is 14.3 Å². The standard InChI is InChI=1S/C21H19NO7S/c1-11(2)28-18(23)10-22-19(24)17(30-21(22)27)9-14-5-7-16(29-14)15-6-4-13(20(25)26)8-12(15)3/h4-9,11H,10H2,1-3H3,(H,25,26)/b17-9+. The van der Waals surface area contributed by atoms with Gasteiger partial charge in [-0.05, 0) is 62.4 Å². The maximum atomic E-state index is 12.5. The first-order valence-electron chi connectivity index (χ1n) is 9.04. The summed E-state index contributed by atoms with van der Waals surface area (Å²) in [6.45, 7) is 4.68. The molecule has 2 amide bonds. The molecule has 2 aromatic rings. The highest BCUT2D eigenvalue weighted by atomic mass is 32.2. The van der Waals surface area contributed by atoms with Crippen LogP contribution in [0.3, 0.4) is 0 Å². The molecule has 0 saturated carbocycles. The van der Waals surface area contributed by atoms with Crippen LogP contribution in [0, 0.1) is 6.92 Å². The number of carbonyl (C=O) groups excluding carboxylic acids is 3. The third kappa shape index (κ3) is 4.62. The lowest BCUT2D eigenvalue weighted by Gasteiger charge is -2.13. The Morgan fingerprint density at radius 2 is 1.97 bits per heavy atom. The SMILES string of the molecule is Cc1cc(C(=O)O)ccc1-c1ccc(/C=C2/SC(=O)N(CC(=O)OC(C)C)C2=O)o1. The number of carboxylic acids is 1. The summed E-state index contributed by atoms with van der Waals surface area (Å²) in [6.07, 6.45) is 1.09. The minimum absolute atomic E-state index is 0.135. The van der Waals surface area contributed by atoms with Crippen molar-refractivity contribution in [3.63, 3.8) is 0 Å². The average Bonchev–Trinajstić information content (AvgIpc) is 3.21. The van der Waals surface area contributed by atoms with Gasteiger partial charge in [0.1, 0.15) is 18.1 Å². The van der Waals surface area contributed by atoms with Crippen LogP contribution in [-0.2, 0) is 14.3 Å². The second-order valence-corrected chi connectivity index (χ2v) is 7.84. The molecule has 9 heteroatoms. The van der Waals surface area contributed by atoms with Gasteiger partial charge in [-0.25, -0.2) is 4.79 Å². The van der Waals surface area contributed by atoms with Gasteiger partial charge in [-0.3, -0.25) is 19.3 Å². The fraction of sp³-hybridized carbons (Fsp3) is 0.238. The minimum atomic E-state index is -1.02. The summed E-state index contributed by atoms with van der Waals surface area (Å²) in [5.41, 5.74) is 1.61. The van der Waals surface area contributed by atoms with E-state index in [2.05, 4.69) is 0 Å². The van der Waals surface area contributed by atoms with Gasteiger partial charge in [0.2, 0.25) is 0 Å². The molecule has 0 unspecified atom stereocenters. The molecule has 1 aromatic heterocycles. The third-order valence-corrected chi connectivity index (χ3v) is 5.07. The van der Waals surface area contributed by atoms with Crippen LogP contribution in [0.25, 0.3) is 17.4 Å². The summed E-state index contributed by atoms with van der Waals surface area (Å²) < 4.78 is 10.7. The molecule has 1 saturated heterocycles. The topological polar surface area (TPSA) is 114 Å². The molecule has 2 heterocycles. The van der Waals surface area contributed by atoms with E-state index < -0.39 is 29.6 Å². The molecule has 0 radical (unpaired) electrons. The number of nitrogens with zero attached hydrogens (tertiary/aromatic N) is 1. The highest BCUT2D eigenvalue weighted by Crippen LogP contribution is 2.34. The van der Waals surface area contributed by atoms with E-state index in [0.717, 1.165) is 10.5 Å². The van der Waals surface area contributed by atoms with E-state index in [0.29, 0.717) is 28.8 Å². The Bertz CT molecular complexity index is 1070. The number of furan rings is 1. The van der Waals surface area contributed by atoms with Crippen molar-refractivity contribution in [1.82, 2.24) is 4.90 Å². The third-order valence-electron chi connectivity index (χ3n) is 4.17. The predicted molar refractivity (Wildman–Crippen MR) is 110 cm³/mol. The lowest BCUT2D eigenvalue weighted by molar-refractivity contribution is -0.149. The number of ether oxygens (including phenoxy) is 1. The van der Waals surface area contributed by atoms with Crippen molar-refractivity contribution < 1.29 is 33.4 Å². The quantitative estimate of drug-likeness (QED) is 0.542. The van der Waals surface area contributed by atoms with Gasteiger partial charge in [0.25, 0.3) is 11.1 Å². The summed E-state index contributed by atoms with van der Waals surface area (Å²) in [6, 6.07) is 8.01. The lowest BCUT2D eigenvalue weighted by atomic mass is 10.0. The van der Waals surface area contributed by atoms with Crippen LogP contribution >= 0.6 is 11.8 Å². The van der Waals surface area contributed by atoms with Gasteiger partial charge in [0.05, 0.1) is 16.6 Å². The van der Waals surface area contributed by atoms with Gasteiger partial charge >= 0.3 is 11.9 Å². The maximum absolute atomic E-state index is 12.5. The summed E-state index contributed by atoms with van der Waals surface area (Å²) >= 11 is 0.716. The number of hydrogen-bond acceptors (Lipinski definition) is 7. The molecule has 3 rings (SSSR count). The second kappa shape index (κ2) is 8.58. The van der Waals surface area contributed by atoms with Gasteiger partial charge in [0, 0.05) is 11.6 Å².